The van der Waals surface area contributed by atoms with E-state index in [0.29, 0.717) is 17.2 Å². The summed E-state index contributed by atoms with van der Waals surface area (Å²) < 4.78 is 10.5. The lowest BCUT2D eigenvalue weighted by Crippen LogP contribution is -2.27. The highest BCUT2D eigenvalue weighted by Gasteiger charge is 2.18. The number of carbonyl (C=O) groups excluding carboxylic acids is 1. The molecule has 0 fully saturated rings. The number of benzene rings is 1. The molecule has 6 nitrogen and oxygen atoms in total. The molecule has 1 aromatic carbocycles. The summed E-state index contributed by atoms with van der Waals surface area (Å²) in [5, 5.41) is 6.44. The Morgan fingerprint density at radius 3 is 2.85 bits per heavy atom. The van der Waals surface area contributed by atoms with Crippen molar-refractivity contribution in [1.82, 2.24) is 15.5 Å². The van der Waals surface area contributed by atoms with Crippen molar-refractivity contribution in [2.75, 3.05) is 0 Å². The molecular formula is C14H13N3O3. The topological polar surface area (TPSA) is 81.2 Å². The highest BCUT2D eigenvalue weighted by molar-refractivity contribution is 5.92. The number of aromatic nitrogens is 2. The minimum atomic E-state index is -0.355. The maximum atomic E-state index is 12.0. The Hall–Kier alpha value is -2.63. The van der Waals surface area contributed by atoms with Gasteiger partial charge >= 0.3 is 0 Å². The minimum Gasteiger partial charge on any atom is -0.438 e. The van der Waals surface area contributed by atoms with Gasteiger partial charge in [-0.15, -0.1) is 0 Å². The van der Waals surface area contributed by atoms with Crippen LogP contribution in [0.5, 0.6) is 0 Å². The average molecular weight is 271 g/mol. The summed E-state index contributed by atoms with van der Waals surface area (Å²) in [7, 11) is 0. The van der Waals surface area contributed by atoms with Gasteiger partial charge in [0, 0.05) is 6.07 Å². The summed E-state index contributed by atoms with van der Waals surface area (Å²) in [5.41, 5.74) is 1.70. The van der Waals surface area contributed by atoms with Gasteiger partial charge in [0.2, 0.25) is 5.89 Å². The standard InChI is InChI=1S/C14H13N3O3/c1-8-7-11(17-20-8)13(18)15-9(2)14-16-10-5-3-4-6-12(10)19-14/h3-7,9H,1-2H3,(H,15,18). The fourth-order valence-electron chi connectivity index (χ4n) is 1.88. The van der Waals surface area contributed by atoms with Crippen molar-refractivity contribution in [2.45, 2.75) is 19.9 Å². The van der Waals surface area contributed by atoms with E-state index in [1.807, 2.05) is 24.3 Å². The molecule has 0 bridgehead atoms. The monoisotopic (exact) mass is 271 g/mol. The van der Waals surface area contributed by atoms with Gasteiger partial charge in [0.1, 0.15) is 17.3 Å². The molecule has 1 atom stereocenters. The quantitative estimate of drug-likeness (QED) is 0.791. The van der Waals surface area contributed by atoms with Crippen LogP contribution in [0.1, 0.15) is 35.1 Å². The number of para-hydroxylation sites is 2. The molecule has 0 aliphatic carbocycles. The molecule has 6 heteroatoms. The molecule has 20 heavy (non-hydrogen) atoms. The van der Waals surface area contributed by atoms with Crippen LogP contribution in [-0.4, -0.2) is 16.0 Å². The van der Waals surface area contributed by atoms with Crippen molar-refractivity contribution in [2.24, 2.45) is 0 Å². The van der Waals surface area contributed by atoms with Gasteiger partial charge in [-0.05, 0) is 26.0 Å². The number of rotatable bonds is 3. The van der Waals surface area contributed by atoms with Gasteiger partial charge in [-0.1, -0.05) is 17.3 Å². The Morgan fingerprint density at radius 2 is 2.15 bits per heavy atom. The van der Waals surface area contributed by atoms with Crippen LogP contribution in [0.3, 0.4) is 0 Å². The third-order valence-corrected chi connectivity index (χ3v) is 2.89. The largest absolute Gasteiger partial charge is 0.438 e. The first-order valence-electron chi connectivity index (χ1n) is 6.23. The molecule has 102 valence electrons. The van der Waals surface area contributed by atoms with Crippen LogP contribution < -0.4 is 5.32 Å². The minimum absolute atomic E-state index is 0.241. The normalized spacial score (nSPS) is 12.5. The molecule has 0 saturated heterocycles. The van der Waals surface area contributed by atoms with E-state index in [1.54, 1.807) is 19.9 Å². The van der Waals surface area contributed by atoms with Crippen molar-refractivity contribution in [3.8, 4) is 0 Å². The fourth-order valence-corrected chi connectivity index (χ4v) is 1.88. The Bertz CT molecular complexity index is 727. The van der Waals surface area contributed by atoms with Gasteiger partial charge in [-0.3, -0.25) is 4.79 Å². The van der Waals surface area contributed by atoms with Crippen LogP contribution in [0.4, 0.5) is 0 Å². The summed E-state index contributed by atoms with van der Waals surface area (Å²) in [6, 6.07) is 8.68. The van der Waals surface area contributed by atoms with Crippen LogP contribution in [0.15, 0.2) is 39.3 Å². The maximum absolute atomic E-state index is 12.0. The van der Waals surface area contributed by atoms with Crippen LogP contribution in [0.25, 0.3) is 11.1 Å². The SMILES string of the molecule is Cc1cc(C(=O)NC(C)c2nc3ccccc3o2)no1. The third kappa shape index (κ3) is 2.27. The molecule has 2 aromatic heterocycles. The molecule has 0 aliphatic rings. The van der Waals surface area contributed by atoms with Crippen molar-refractivity contribution in [3.63, 3.8) is 0 Å². The average Bonchev–Trinajstić information content (AvgIpc) is 3.04. The Morgan fingerprint density at radius 1 is 1.35 bits per heavy atom. The lowest BCUT2D eigenvalue weighted by molar-refractivity contribution is 0.0925. The first kappa shape index (κ1) is 12.4. The van der Waals surface area contributed by atoms with Crippen molar-refractivity contribution < 1.29 is 13.7 Å². The summed E-state index contributed by atoms with van der Waals surface area (Å²) in [5.74, 6) is 0.723. The molecule has 0 saturated carbocycles. The van der Waals surface area contributed by atoms with Crippen LogP contribution >= 0.6 is 0 Å². The fraction of sp³-hybridized carbons (Fsp3) is 0.214. The zero-order valence-corrected chi connectivity index (χ0v) is 11.1. The van der Waals surface area contributed by atoms with E-state index in [-0.39, 0.29) is 17.6 Å². The zero-order valence-electron chi connectivity index (χ0n) is 11.1. The summed E-state index contributed by atoms with van der Waals surface area (Å²) >= 11 is 0. The first-order valence-corrected chi connectivity index (χ1v) is 6.23. The smallest absolute Gasteiger partial charge is 0.274 e. The molecule has 3 aromatic rings. The van der Waals surface area contributed by atoms with E-state index < -0.39 is 0 Å². The van der Waals surface area contributed by atoms with Gasteiger partial charge in [-0.25, -0.2) is 4.98 Å². The van der Waals surface area contributed by atoms with E-state index in [9.17, 15) is 4.79 Å². The summed E-state index contributed by atoms with van der Waals surface area (Å²) in [6.45, 7) is 3.53. The van der Waals surface area contributed by atoms with E-state index in [4.69, 9.17) is 8.94 Å². The molecule has 0 aliphatic heterocycles. The van der Waals surface area contributed by atoms with Crippen LogP contribution in [0.2, 0.25) is 0 Å². The third-order valence-electron chi connectivity index (χ3n) is 2.89. The van der Waals surface area contributed by atoms with Crippen LogP contribution in [0, 0.1) is 6.92 Å². The number of aryl methyl sites for hydroxylation is 1. The van der Waals surface area contributed by atoms with Gasteiger partial charge < -0.3 is 14.3 Å². The van der Waals surface area contributed by atoms with Crippen molar-refractivity contribution in [3.05, 3.63) is 47.7 Å². The maximum Gasteiger partial charge on any atom is 0.274 e. The molecule has 2 heterocycles. The number of carbonyl (C=O) groups is 1. The second kappa shape index (κ2) is 4.80. The first-order chi connectivity index (χ1) is 9.63. The molecular weight excluding hydrogens is 258 g/mol. The summed E-state index contributed by atoms with van der Waals surface area (Å²) in [6.07, 6.45) is 0. The number of hydrogen-bond donors (Lipinski definition) is 1. The lowest BCUT2D eigenvalue weighted by atomic mass is 10.3. The van der Waals surface area contributed by atoms with Crippen LogP contribution in [-0.2, 0) is 0 Å². The van der Waals surface area contributed by atoms with Crippen molar-refractivity contribution in [1.29, 1.82) is 0 Å². The molecule has 0 spiro atoms. The second-order valence-corrected chi connectivity index (χ2v) is 4.54. The van der Waals surface area contributed by atoms with Gasteiger partial charge in [0.25, 0.3) is 5.91 Å². The predicted octanol–water partition coefficient (Wildman–Crippen LogP) is 2.62. The number of fused-ring (bicyclic) bond motifs is 1. The summed E-state index contributed by atoms with van der Waals surface area (Å²) in [4.78, 5) is 16.3. The van der Waals surface area contributed by atoms with Gasteiger partial charge in [-0.2, -0.15) is 0 Å². The molecule has 1 unspecified atom stereocenters. The lowest BCUT2D eigenvalue weighted by Gasteiger charge is -2.08. The molecule has 3 rings (SSSR count). The highest BCUT2D eigenvalue weighted by Crippen LogP contribution is 2.19. The van der Waals surface area contributed by atoms with Gasteiger partial charge in [0.05, 0.1) is 0 Å². The van der Waals surface area contributed by atoms with E-state index in [2.05, 4.69) is 15.5 Å². The predicted molar refractivity (Wildman–Crippen MR) is 71.1 cm³/mol. The number of amides is 1. The number of oxazole rings is 1. The number of nitrogens with one attached hydrogen (secondary N) is 1. The van der Waals surface area contributed by atoms with Gasteiger partial charge in [0.15, 0.2) is 11.3 Å². The molecule has 1 amide bonds. The Kier molecular flexibility index (Phi) is 2.98. The number of hydrogen-bond acceptors (Lipinski definition) is 5. The second-order valence-electron chi connectivity index (χ2n) is 4.54. The number of nitrogens with zero attached hydrogens (tertiary/aromatic N) is 2. The highest BCUT2D eigenvalue weighted by atomic mass is 16.5. The van der Waals surface area contributed by atoms with E-state index in [0.717, 1.165) is 5.52 Å². The molecule has 0 radical (unpaired) electrons. The Balaban J connectivity index is 1.78. The Labute approximate surface area is 114 Å². The van der Waals surface area contributed by atoms with E-state index in [1.165, 1.54) is 0 Å². The van der Waals surface area contributed by atoms with E-state index >= 15 is 0 Å². The van der Waals surface area contributed by atoms with Crippen molar-refractivity contribution >= 4 is 17.0 Å². The zero-order chi connectivity index (χ0) is 14.1. The molecule has 1 N–H and O–H groups in total.